The van der Waals surface area contributed by atoms with E-state index in [9.17, 15) is 18.0 Å². The number of carbonyl (C=O) groups excluding carboxylic acids is 2. The van der Waals surface area contributed by atoms with Gasteiger partial charge in [-0.3, -0.25) is 14.0 Å². The van der Waals surface area contributed by atoms with Crippen LogP contribution in [0.15, 0.2) is 76.1 Å². The van der Waals surface area contributed by atoms with Crippen LogP contribution in [0.3, 0.4) is 0 Å². The average Bonchev–Trinajstić information content (AvgIpc) is 2.90. The summed E-state index contributed by atoms with van der Waals surface area (Å²) in [6.07, 6.45) is 1.26. The summed E-state index contributed by atoms with van der Waals surface area (Å²) in [5.41, 5.74) is 2.86. The minimum Gasteiger partial charge on any atom is -0.443 e. The number of fused-ring (bicyclic) bond motifs is 1. The number of rotatable bonds is 6. The molecule has 1 aliphatic rings. The van der Waals surface area contributed by atoms with Gasteiger partial charge in [0, 0.05) is 30.2 Å². The molecule has 3 aromatic carbocycles. The lowest BCUT2D eigenvalue weighted by Gasteiger charge is -2.32. The van der Waals surface area contributed by atoms with Crippen molar-refractivity contribution < 1.29 is 22.7 Å². The monoisotopic (exact) mass is 613 g/mol. The standard InChI is InChI=1S/C29H32BrN3O5S/c1-29(2,3)38-28(35)33-16-8-9-21-17-20(12-15-25(21)33)19-31-27(34)22-13-14-24(30)26(18-22)39(36,37)32(4)23-10-6-5-7-11-23/h5-7,10-15,17-18H,8-9,16,19H2,1-4H3,(H,31,34). The van der Waals surface area contributed by atoms with Crippen LogP contribution in [0.4, 0.5) is 16.2 Å². The zero-order valence-electron chi connectivity index (χ0n) is 22.4. The molecule has 39 heavy (non-hydrogen) atoms. The molecule has 0 unspecified atom stereocenters. The van der Waals surface area contributed by atoms with Crippen molar-refractivity contribution in [1.82, 2.24) is 5.32 Å². The van der Waals surface area contributed by atoms with E-state index in [-0.39, 0.29) is 23.1 Å². The Kier molecular flexibility index (Phi) is 8.37. The summed E-state index contributed by atoms with van der Waals surface area (Å²) < 4.78 is 33.7. The minimum absolute atomic E-state index is 0.00230. The van der Waals surface area contributed by atoms with Crippen molar-refractivity contribution in [2.75, 3.05) is 22.8 Å². The van der Waals surface area contributed by atoms with Crippen LogP contribution in [-0.2, 0) is 27.7 Å². The summed E-state index contributed by atoms with van der Waals surface area (Å²) in [7, 11) is -2.44. The molecule has 0 spiro atoms. The molecule has 2 amide bonds. The number of hydrogen-bond donors (Lipinski definition) is 1. The van der Waals surface area contributed by atoms with Crippen molar-refractivity contribution in [3.63, 3.8) is 0 Å². The van der Waals surface area contributed by atoms with Gasteiger partial charge < -0.3 is 10.1 Å². The van der Waals surface area contributed by atoms with Gasteiger partial charge in [0.25, 0.3) is 15.9 Å². The largest absolute Gasteiger partial charge is 0.443 e. The van der Waals surface area contributed by atoms with Gasteiger partial charge in [0.05, 0.1) is 11.4 Å². The van der Waals surface area contributed by atoms with E-state index in [4.69, 9.17) is 4.74 Å². The number of amides is 2. The number of carbonyl (C=O) groups is 2. The van der Waals surface area contributed by atoms with Gasteiger partial charge >= 0.3 is 6.09 Å². The van der Waals surface area contributed by atoms with Gasteiger partial charge in [0.2, 0.25) is 0 Å². The fraction of sp³-hybridized carbons (Fsp3) is 0.310. The van der Waals surface area contributed by atoms with Crippen LogP contribution in [-0.4, -0.2) is 39.6 Å². The number of nitrogens with zero attached hydrogens (tertiary/aromatic N) is 2. The maximum atomic E-state index is 13.3. The molecule has 4 rings (SSSR count). The van der Waals surface area contributed by atoms with E-state index in [1.54, 1.807) is 41.3 Å². The van der Waals surface area contributed by atoms with Gasteiger partial charge in [-0.1, -0.05) is 30.3 Å². The molecule has 0 radical (unpaired) electrons. The summed E-state index contributed by atoms with van der Waals surface area (Å²) in [5.74, 6) is -0.394. The first-order valence-electron chi connectivity index (χ1n) is 12.6. The Labute approximate surface area is 238 Å². The Morgan fingerprint density at radius 2 is 1.77 bits per heavy atom. The Morgan fingerprint density at radius 1 is 1.05 bits per heavy atom. The fourth-order valence-corrected chi connectivity index (χ4v) is 6.46. The third-order valence-corrected chi connectivity index (χ3v) is 9.06. The summed E-state index contributed by atoms with van der Waals surface area (Å²) in [5, 5.41) is 2.88. The lowest BCUT2D eigenvalue weighted by molar-refractivity contribution is 0.0577. The molecule has 8 nitrogen and oxygen atoms in total. The molecule has 0 aromatic heterocycles. The van der Waals surface area contributed by atoms with E-state index in [1.807, 2.05) is 45.0 Å². The predicted molar refractivity (Wildman–Crippen MR) is 156 cm³/mol. The number of benzene rings is 3. The first-order valence-corrected chi connectivity index (χ1v) is 14.8. The number of para-hydroxylation sites is 1. The lowest BCUT2D eigenvalue weighted by atomic mass is 9.99. The van der Waals surface area contributed by atoms with Gasteiger partial charge in [-0.15, -0.1) is 0 Å². The first-order chi connectivity index (χ1) is 18.4. The molecule has 1 aliphatic heterocycles. The third kappa shape index (κ3) is 6.62. The molecule has 0 atom stereocenters. The van der Waals surface area contributed by atoms with Crippen LogP contribution in [0.25, 0.3) is 0 Å². The molecule has 0 bridgehead atoms. The van der Waals surface area contributed by atoms with Gasteiger partial charge in [0.1, 0.15) is 10.5 Å². The number of halogens is 1. The lowest BCUT2D eigenvalue weighted by Crippen LogP contribution is -2.39. The van der Waals surface area contributed by atoms with Crippen LogP contribution < -0.4 is 14.5 Å². The number of anilines is 2. The Morgan fingerprint density at radius 3 is 2.46 bits per heavy atom. The maximum Gasteiger partial charge on any atom is 0.414 e. The summed E-state index contributed by atoms with van der Waals surface area (Å²) in [6.45, 7) is 6.36. The van der Waals surface area contributed by atoms with Crippen molar-refractivity contribution in [2.24, 2.45) is 0 Å². The molecule has 0 saturated heterocycles. The number of sulfonamides is 1. The highest BCUT2D eigenvalue weighted by molar-refractivity contribution is 9.10. The van der Waals surface area contributed by atoms with Gasteiger partial charge in [0.15, 0.2) is 0 Å². The molecule has 1 heterocycles. The summed E-state index contributed by atoms with van der Waals surface area (Å²) >= 11 is 3.32. The molecule has 206 valence electrons. The molecule has 3 aromatic rings. The fourth-order valence-electron chi connectivity index (χ4n) is 4.32. The van der Waals surface area contributed by atoms with Gasteiger partial charge in [-0.05, 0) is 97.1 Å². The Balaban J connectivity index is 1.48. The number of ether oxygens (including phenoxy) is 1. The summed E-state index contributed by atoms with van der Waals surface area (Å²) in [6, 6.07) is 19.0. The number of aryl methyl sites for hydroxylation is 1. The first kappa shape index (κ1) is 28.6. The van der Waals surface area contributed by atoms with Crippen molar-refractivity contribution >= 4 is 49.3 Å². The highest BCUT2D eigenvalue weighted by Crippen LogP contribution is 2.31. The molecule has 0 saturated carbocycles. The van der Waals surface area contributed by atoms with Crippen LogP contribution in [0.5, 0.6) is 0 Å². The van der Waals surface area contributed by atoms with Gasteiger partial charge in [-0.2, -0.15) is 0 Å². The Bertz CT molecular complexity index is 1490. The van der Waals surface area contributed by atoms with Crippen LogP contribution >= 0.6 is 15.9 Å². The molecular formula is C29H32BrN3O5S. The van der Waals surface area contributed by atoms with E-state index in [1.165, 1.54) is 17.4 Å². The number of nitrogens with one attached hydrogen (secondary N) is 1. The zero-order chi connectivity index (χ0) is 28.4. The average molecular weight is 615 g/mol. The normalized spacial score (nSPS) is 13.4. The smallest absolute Gasteiger partial charge is 0.414 e. The quantitative estimate of drug-likeness (QED) is 0.374. The van der Waals surface area contributed by atoms with E-state index >= 15 is 0 Å². The minimum atomic E-state index is -3.92. The van der Waals surface area contributed by atoms with Crippen molar-refractivity contribution in [3.8, 4) is 0 Å². The van der Waals surface area contributed by atoms with Crippen molar-refractivity contribution in [2.45, 2.75) is 50.7 Å². The van der Waals surface area contributed by atoms with Crippen LogP contribution in [0, 0.1) is 0 Å². The third-order valence-electron chi connectivity index (χ3n) is 6.28. The molecule has 0 aliphatic carbocycles. The second kappa shape index (κ2) is 11.4. The second-order valence-electron chi connectivity index (χ2n) is 10.3. The molecule has 10 heteroatoms. The van der Waals surface area contributed by atoms with Crippen molar-refractivity contribution in [3.05, 3.63) is 87.9 Å². The maximum absolute atomic E-state index is 13.3. The van der Waals surface area contributed by atoms with Crippen LogP contribution in [0.2, 0.25) is 0 Å². The molecular weight excluding hydrogens is 582 g/mol. The molecule has 0 fully saturated rings. The topological polar surface area (TPSA) is 96.0 Å². The highest BCUT2D eigenvalue weighted by atomic mass is 79.9. The predicted octanol–water partition coefficient (Wildman–Crippen LogP) is 5.89. The summed E-state index contributed by atoms with van der Waals surface area (Å²) in [4.78, 5) is 27.3. The molecule has 1 N–H and O–H groups in total. The Hall–Kier alpha value is -3.37. The van der Waals surface area contributed by atoms with Crippen molar-refractivity contribution in [1.29, 1.82) is 0 Å². The van der Waals surface area contributed by atoms with E-state index in [0.29, 0.717) is 16.7 Å². The van der Waals surface area contributed by atoms with E-state index < -0.39 is 21.5 Å². The van der Waals surface area contributed by atoms with Gasteiger partial charge in [-0.25, -0.2) is 13.2 Å². The highest BCUT2D eigenvalue weighted by Gasteiger charge is 2.28. The SMILES string of the molecule is CN(c1ccccc1)S(=O)(=O)c1cc(C(=O)NCc2ccc3c(c2)CCCN3C(=O)OC(C)(C)C)ccc1Br. The van der Waals surface area contributed by atoms with E-state index in [2.05, 4.69) is 21.2 Å². The van der Waals surface area contributed by atoms with E-state index in [0.717, 1.165) is 29.7 Å². The van der Waals surface area contributed by atoms with Crippen LogP contribution in [0.1, 0.15) is 48.7 Å². The zero-order valence-corrected chi connectivity index (χ0v) is 24.8. The second-order valence-corrected chi connectivity index (χ2v) is 13.1. The number of hydrogen-bond acceptors (Lipinski definition) is 5.